The van der Waals surface area contributed by atoms with E-state index in [2.05, 4.69) is 0 Å². The summed E-state index contributed by atoms with van der Waals surface area (Å²) in [4.78, 5) is 11.3. The second-order valence-electron chi connectivity index (χ2n) is 2.76. The van der Waals surface area contributed by atoms with Crippen LogP contribution in [0.15, 0.2) is 22.8 Å². The van der Waals surface area contributed by atoms with Crippen molar-refractivity contribution in [3.8, 4) is 0 Å². The van der Waals surface area contributed by atoms with Gasteiger partial charge in [-0.2, -0.15) is 0 Å². The van der Waals surface area contributed by atoms with Gasteiger partial charge in [0.15, 0.2) is 11.5 Å². The molecule has 0 fully saturated rings. The van der Waals surface area contributed by atoms with Crippen LogP contribution in [-0.4, -0.2) is 19.0 Å². The summed E-state index contributed by atoms with van der Waals surface area (Å²) in [5, 5.41) is 0. The van der Waals surface area contributed by atoms with Crippen molar-refractivity contribution in [2.75, 3.05) is 13.2 Å². The van der Waals surface area contributed by atoms with Gasteiger partial charge in [0, 0.05) is 13.0 Å². The van der Waals surface area contributed by atoms with E-state index in [1.807, 2.05) is 6.92 Å². The van der Waals surface area contributed by atoms with Crippen molar-refractivity contribution in [3.63, 3.8) is 0 Å². The molecule has 0 saturated heterocycles. The second-order valence-corrected chi connectivity index (χ2v) is 2.76. The molecule has 0 radical (unpaired) electrons. The lowest BCUT2D eigenvalue weighted by atomic mass is 10.2. The molecule has 0 amide bonds. The summed E-state index contributed by atoms with van der Waals surface area (Å²) in [5.74, 6) is 0.418. The fraction of sp³-hybridized carbons (Fsp3) is 0.500. The van der Waals surface area contributed by atoms with Crippen LogP contribution in [0.4, 0.5) is 0 Å². The molecule has 13 heavy (non-hydrogen) atoms. The zero-order chi connectivity index (χ0) is 9.52. The molecule has 0 bridgehead atoms. The van der Waals surface area contributed by atoms with Gasteiger partial charge >= 0.3 is 0 Å². The van der Waals surface area contributed by atoms with Crippen molar-refractivity contribution in [3.05, 3.63) is 24.2 Å². The molecule has 0 unspecified atom stereocenters. The summed E-state index contributed by atoms with van der Waals surface area (Å²) in [6.07, 6.45) is 2.88. The van der Waals surface area contributed by atoms with E-state index in [4.69, 9.17) is 9.15 Å². The van der Waals surface area contributed by atoms with Crippen molar-refractivity contribution in [1.29, 1.82) is 0 Å². The van der Waals surface area contributed by atoms with Gasteiger partial charge in [0.25, 0.3) is 0 Å². The van der Waals surface area contributed by atoms with Crippen LogP contribution in [0, 0.1) is 0 Å². The third-order valence-corrected chi connectivity index (χ3v) is 1.62. The number of rotatable bonds is 6. The Hall–Kier alpha value is -1.09. The molecule has 1 heterocycles. The molecule has 1 aromatic heterocycles. The fourth-order valence-corrected chi connectivity index (χ4v) is 0.972. The molecule has 72 valence electrons. The first-order valence-corrected chi connectivity index (χ1v) is 4.49. The van der Waals surface area contributed by atoms with Crippen LogP contribution in [0.5, 0.6) is 0 Å². The van der Waals surface area contributed by atoms with Gasteiger partial charge < -0.3 is 9.15 Å². The summed E-state index contributed by atoms with van der Waals surface area (Å²) >= 11 is 0. The standard InChI is InChI=1S/C10H14O3/c1-2-6-12-8-5-9(11)10-4-3-7-13-10/h3-4,7H,2,5-6,8H2,1H3. The summed E-state index contributed by atoms with van der Waals surface area (Å²) in [6.45, 7) is 3.23. The van der Waals surface area contributed by atoms with Crippen LogP contribution in [0.1, 0.15) is 30.3 Å². The van der Waals surface area contributed by atoms with Crippen LogP contribution in [0.2, 0.25) is 0 Å². The van der Waals surface area contributed by atoms with E-state index in [0.29, 0.717) is 25.4 Å². The van der Waals surface area contributed by atoms with E-state index in [1.165, 1.54) is 6.26 Å². The highest BCUT2D eigenvalue weighted by atomic mass is 16.5. The van der Waals surface area contributed by atoms with Gasteiger partial charge in [0.05, 0.1) is 12.9 Å². The van der Waals surface area contributed by atoms with E-state index in [9.17, 15) is 4.79 Å². The highest BCUT2D eigenvalue weighted by Crippen LogP contribution is 2.03. The lowest BCUT2D eigenvalue weighted by Crippen LogP contribution is -2.04. The largest absolute Gasteiger partial charge is 0.461 e. The minimum Gasteiger partial charge on any atom is -0.461 e. The second kappa shape index (κ2) is 5.54. The number of ether oxygens (including phenoxy) is 1. The lowest BCUT2D eigenvalue weighted by molar-refractivity contribution is 0.0854. The number of ketones is 1. The molecule has 0 spiro atoms. The maximum Gasteiger partial charge on any atom is 0.200 e. The Balaban J connectivity index is 2.19. The number of furan rings is 1. The van der Waals surface area contributed by atoms with Crippen LogP contribution < -0.4 is 0 Å². The van der Waals surface area contributed by atoms with Gasteiger partial charge in [-0.25, -0.2) is 0 Å². The monoisotopic (exact) mass is 182 g/mol. The van der Waals surface area contributed by atoms with Crippen molar-refractivity contribution >= 4 is 5.78 Å². The summed E-state index contributed by atoms with van der Waals surface area (Å²) in [7, 11) is 0. The molecule has 0 aromatic carbocycles. The van der Waals surface area contributed by atoms with E-state index in [-0.39, 0.29) is 5.78 Å². The molecule has 1 aromatic rings. The topological polar surface area (TPSA) is 39.4 Å². The maximum absolute atomic E-state index is 11.3. The van der Waals surface area contributed by atoms with Gasteiger partial charge in [-0.3, -0.25) is 4.79 Å². The Kier molecular flexibility index (Phi) is 4.26. The van der Waals surface area contributed by atoms with E-state index in [0.717, 1.165) is 6.42 Å². The zero-order valence-electron chi connectivity index (χ0n) is 7.79. The smallest absolute Gasteiger partial charge is 0.200 e. The highest BCUT2D eigenvalue weighted by Gasteiger charge is 2.07. The first kappa shape index (κ1) is 9.99. The third kappa shape index (κ3) is 3.42. The van der Waals surface area contributed by atoms with Gasteiger partial charge in [-0.1, -0.05) is 6.92 Å². The van der Waals surface area contributed by atoms with Crippen LogP contribution in [-0.2, 0) is 4.74 Å². The minimum atomic E-state index is 0.00102. The van der Waals surface area contributed by atoms with E-state index in [1.54, 1.807) is 12.1 Å². The Bertz CT molecular complexity index is 239. The third-order valence-electron chi connectivity index (χ3n) is 1.62. The molecule has 3 heteroatoms. The SMILES string of the molecule is CCCOCCC(=O)c1ccco1. The Morgan fingerprint density at radius 3 is 3.00 bits per heavy atom. The van der Waals surface area contributed by atoms with Crippen LogP contribution in [0.3, 0.4) is 0 Å². The Morgan fingerprint density at radius 2 is 2.38 bits per heavy atom. The first-order valence-electron chi connectivity index (χ1n) is 4.49. The summed E-state index contributed by atoms with van der Waals surface area (Å²) in [6, 6.07) is 3.38. The number of carbonyl (C=O) groups excluding carboxylic acids is 1. The number of Topliss-reactive ketones (excluding diaryl/α,β-unsaturated/α-hetero) is 1. The van der Waals surface area contributed by atoms with E-state index >= 15 is 0 Å². The number of hydrogen-bond donors (Lipinski definition) is 0. The van der Waals surface area contributed by atoms with Crippen molar-refractivity contribution in [1.82, 2.24) is 0 Å². The summed E-state index contributed by atoms with van der Waals surface area (Å²) in [5.41, 5.74) is 0. The van der Waals surface area contributed by atoms with Crippen LogP contribution >= 0.6 is 0 Å². The zero-order valence-corrected chi connectivity index (χ0v) is 7.79. The minimum absolute atomic E-state index is 0.00102. The molecule has 0 atom stereocenters. The molecule has 0 aliphatic heterocycles. The molecule has 3 nitrogen and oxygen atoms in total. The molecule has 0 aliphatic rings. The maximum atomic E-state index is 11.3. The molecule has 0 N–H and O–H groups in total. The van der Waals surface area contributed by atoms with Crippen molar-refractivity contribution in [2.45, 2.75) is 19.8 Å². The quantitative estimate of drug-likeness (QED) is 0.500. The van der Waals surface area contributed by atoms with E-state index < -0.39 is 0 Å². The molecule has 0 saturated carbocycles. The Morgan fingerprint density at radius 1 is 1.54 bits per heavy atom. The average Bonchev–Trinajstić information content (AvgIpc) is 2.65. The number of carbonyl (C=O) groups is 1. The molecule has 1 rings (SSSR count). The normalized spacial score (nSPS) is 10.2. The highest BCUT2D eigenvalue weighted by molar-refractivity contribution is 5.93. The lowest BCUT2D eigenvalue weighted by Gasteiger charge is -1.99. The fourth-order valence-electron chi connectivity index (χ4n) is 0.972. The summed E-state index contributed by atoms with van der Waals surface area (Å²) < 4.78 is 10.1. The first-order chi connectivity index (χ1) is 6.34. The van der Waals surface area contributed by atoms with Gasteiger partial charge in [-0.15, -0.1) is 0 Å². The van der Waals surface area contributed by atoms with Crippen LogP contribution in [0.25, 0.3) is 0 Å². The average molecular weight is 182 g/mol. The van der Waals surface area contributed by atoms with Gasteiger partial charge in [-0.05, 0) is 18.6 Å². The Labute approximate surface area is 77.7 Å². The van der Waals surface area contributed by atoms with Gasteiger partial charge in [0.1, 0.15) is 0 Å². The predicted molar refractivity (Wildman–Crippen MR) is 48.8 cm³/mol. The van der Waals surface area contributed by atoms with Crippen molar-refractivity contribution < 1.29 is 13.9 Å². The molecule has 0 aliphatic carbocycles. The molecular formula is C10H14O3. The van der Waals surface area contributed by atoms with Crippen molar-refractivity contribution in [2.24, 2.45) is 0 Å². The predicted octanol–water partition coefficient (Wildman–Crippen LogP) is 2.28. The number of hydrogen-bond acceptors (Lipinski definition) is 3. The molecular weight excluding hydrogens is 168 g/mol. The van der Waals surface area contributed by atoms with Gasteiger partial charge in [0.2, 0.25) is 0 Å².